The van der Waals surface area contributed by atoms with Crippen molar-refractivity contribution in [2.24, 2.45) is 0 Å². The monoisotopic (exact) mass is 1030 g/mol. The van der Waals surface area contributed by atoms with Crippen molar-refractivity contribution in [3.05, 3.63) is 0 Å². The molecule has 19 atom stereocenters. The van der Waals surface area contributed by atoms with Gasteiger partial charge in [0.2, 0.25) is 0 Å². The molecule has 33 nitrogen and oxygen atoms in total. The van der Waals surface area contributed by atoms with Gasteiger partial charge in [0, 0.05) is 0 Å². The molecule has 0 bridgehead atoms. The van der Waals surface area contributed by atoms with Gasteiger partial charge in [0.25, 0.3) is 0 Å². The van der Waals surface area contributed by atoms with Crippen LogP contribution in [0.4, 0.5) is 0 Å². The van der Waals surface area contributed by atoms with Crippen LogP contribution in [0.2, 0.25) is 0 Å². The molecular formula is C27H56O33P4. The summed E-state index contributed by atoms with van der Waals surface area (Å²) in [4.78, 5) is 39.0. The molecular weight excluding hydrogens is 976 g/mol. The van der Waals surface area contributed by atoms with E-state index in [1.54, 1.807) is 0 Å². The van der Waals surface area contributed by atoms with Gasteiger partial charge in [-0.05, 0) is 0 Å². The minimum atomic E-state index is -5.23. The van der Waals surface area contributed by atoms with E-state index in [1.807, 2.05) is 0 Å². The summed E-state index contributed by atoms with van der Waals surface area (Å²) in [6.07, 6.45) is -27.6. The Balaban J connectivity index is 1.80. The van der Waals surface area contributed by atoms with E-state index < -0.39 is 203 Å². The summed E-state index contributed by atoms with van der Waals surface area (Å²) < 4.78 is 106. The molecule has 2 rings (SSSR count). The zero-order valence-electron chi connectivity index (χ0n) is 33.1. The highest BCUT2D eigenvalue weighted by molar-refractivity contribution is 7.48. The van der Waals surface area contributed by atoms with Crippen LogP contribution in [0, 0.1) is 0 Å². The van der Waals surface area contributed by atoms with Gasteiger partial charge in [-0.2, -0.15) is 0 Å². The second-order valence-corrected chi connectivity index (χ2v) is 19.3. The molecule has 2 aliphatic rings. The lowest BCUT2D eigenvalue weighted by molar-refractivity contribution is -0.368. The molecule has 2 aliphatic heterocycles. The number of aliphatic hydroxyl groups is 13. The van der Waals surface area contributed by atoms with Gasteiger partial charge < -0.3 is 105 Å². The summed E-state index contributed by atoms with van der Waals surface area (Å²) in [5.74, 6) is 0. The number of phosphoric acid groups is 4. The Morgan fingerprint density at radius 1 is 0.422 bits per heavy atom. The van der Waals surface area contributed by atoms with E-state index in [9.17, 15) is 88.9 Å². The molecule has 4 unspecified atom stereocenters. The van der Waals surface area contributed by atoms with Gasteiger partial charge in [0.15, 0.2) is 12.6 Å². The molecule has 64 heavy (non-hydrogen) atoms. The molecule has 0 aromatic heterocycles. The first-order valence-electron chi connectivity index (χ1n) is 18.3. The third kappa shape index (κ3) is 21.6. The molecule has 0 saturated carbocycles. The number of aliphatic hydroxyl groups excluding tert-OH is 13. The van der Waals surface area contributed by atoms with Gasteiger partial charge in [-0.15, -0.1) is 0 Å². The Bertz CT molecular complexity index is 1530. The number of rotatable bonds is 32. The summed E-state index contributed by atoms with van der Waals surface area (Å²) in [5, 5.41) is 128. The quantitative estimate of drug-likeness (QED) is 0.0278. The van der Waals surface area contributed by atoms with Crippen LogP contribution in [0.5, 0.6) is 0 Å². The van der Waals surface area contributed by atoms with E-state index in [1.165, 1.54) is 0 Å². The predicted octanol–water partition coefficient (Wildman–Crippen LogP) is -8.04. The third-order valence-corrected chi connectivity index (χ3v) is 11.9. The van der Waals surface area contributed by atoms with Crippen LogP contribution in [-0.2, 0) is 73.4 Å². The fourth-order valence-electron chi connectivity index (χ4n) is 4.69. The predicted molar refractivity (Wildman–Crippen MR) is 196 cm³/mol. The molecule has 0 amide bonds. The maximum Gasteiger partial charge on any atom is 0.472 e. The fourth-order valence-corrected chi connectivity index (χ4v) is 7.85. The first-order chi connectivity index (χ1) is 29.6. The number of ether oxygens (including phenoxy) is 4. The molecule has 17 N–H and O–H groups in total. The van der Waals surface area contributed by atoms with Gasteiger partial charge in [-0.1, -0.05) is 0 Å². The van der Waals surface area contributed by atoms with Gasteiger partial charge in [-0.3, -0.25) is 36.2 Å². The van der Waals surface area contributed by atoms with Gasteiger partial charge in [0.05, 0.1) is 79.3 Å². The Labute approximate surface area is 361 Å². The summed E-state index contributed by atoms with van der Waals surface area (Å²) in [5.41, 5.74) is 0. The van der Waals surface area contributed by atoms with E-state index in [-0.39, 0.29) is 0 Å². The van der Waals surface area contributed by atoms with E-state index >= 15 is 0 Å². The second kappa shape index (κ2) is 27.8. The van der Waals surface area contributed by atoms with Crippen molar-refractivity contribution in [3.63, 3.8) is 0 Å². The smallest absolute Gasteiger partial charge is 0.394 e. The molecule has 382 valence electrons. The molecule has 2 heterocycles. The third-order valence-electron chi connectivity index (χ3n) is 8.07. The van der Waals surface area contributed by atoms with Crippen LogP contribution in [0.3, 0.4) is 0 Å². The second-order valence-electron chi connectivity index (χ2n) is 13.5. The molecule has 37 heteroatoms. The normalized spacial score (nSPS) is 32.9. The standard InChI is InChI=1S/C27H56O33P4/c28-1-13(31)4-49-27-25(23(39)20(36)18(3-30)58-27)60-26-24(40)22(38)21(37)19(59-26)12-57-64(47,48)56-11-17(35)10-55-63(45,46)54-9-16(34)8-53-62(43,44)52-7-15(33)6-51-61(41,42)50-5-14(32)2-29/h13-40H,1-12H2,(H,41,42)(H,43,44)(H,45,46)(H,47,48)/t13-,14+,15+,16+,17+,18+,19+,20+,21+,22-,23-,24+,25+,26+,27-/m0/s1. The van der Waals surface area contributed by atoms with Crippen molar-refractivity contribution in [3.8, 4) is 0 Å². The summed E-state index contributed by atoms with van der Waals surface area (Å²) in [6, 6.07) is 0. The van der Waals surface area contributed by atoms with E-state index in [0.717, 1.165) is 0 Å². The van der Waals surface area contributed by atoms with E-state index in [0.29, 0.717) is 0 Å². The lowest BCUT2D eigenvalue weighted by Crippen LogP contribution is -2.64. The summed E-state index contributed by atoms with van der Waals surface area (Å²) in [7, 11) is -20.3. The zero-order valence-corrected chi connectivity index (χ0v) is 36.6. The Morgan fingerprint density at radius 2 is 0.766 bits per heavy atom. The Kier molecular flexibility index (Phi) is 26.0. The van der Waals surface area contributed by atoms with Crippen LogP contribution in [-0.4, -0.2) is 257 Å². The molecule has 0 aromatic rings. The van der Waals surface area contributed by atoms with Crippen LogP contribution in [0.25, 0.3) is 0 Å². The van der Waals surface area contributed by atoms with Crippen LogP contribution < -0.4 is 0 Å². The first kappa shape index (κ1) is 59.9. The first-order valence-corrected chi connectivity index (χ1v) is 24.3. The topological polar surface area (TPSA) is 523 Å². The largest absolute Gasteiger partial charge is 0.472 e. The highest BCUT2D eigenvalue weighted by atomic mass is 31.2. The van der Waals surface area contributed by atoms with Crippen molar-refractivity contribution < 1.29 is 159 Å². The lowest BCUT2D eigenvalue weighted by Gasteiger charge is -2.46. The average molecular weight is 1030 g/mol. The number of phosphoric ester groups is 4. The molecule has 0 aliphatic carbocycles. The van der Waals surface area contributed by atoms with Crippen LogP contribution >= 0.6 is 31.3 Å². The SMILES string of the molecule is O=P(O)(OC[C@H](O)COP(=O)(O)OC[C@H](O)COP(=O)(O)OC[C@H](O)CO)OC[C@@H](O)COP(=O)(O)OC[C@H]1O[C@H](O[C@H]2[C@@H](OC[C@@H](O)CO)O[C@H](CO)[C@@H](O)[C@@H]2O)[C@H](O)[C@@H](O)[C@@H]1O. The maximum absolute atomic E-state index is 12.5. The lowest BCUT2D eigenvalue weighted by atomic mass is 9.97. The molecule has 0 radical (unpaired) electrons. The fraction of sp³-hybridized carbons (Fsp3) is 1.00. The highest BCUT2D eigenvalue weighted by Crippen LogP contribution is 2.47. The van der Waals surface area contributed by atoms with Crippen molar-refractivity contribution in [1.82, 2.24) is 0 Å². The maximum atomic E-state index is 12.5. The van der Waals surface area contributed by atoms with Gasteiger partial charge in [-0.25, -0.2) is 18.3 Å². The number of hydrogen-bond acceptors (Lipinski definition) is 29. The van der Waals surface area contributed by atoms with Crippen LogP contribution in [0.1, 0.15) is 0 Å². The van der Waals surface area contributed by atoms with Crippen molar-refractivity contribution in [1.29, 1.82) is 0 Å². The number of hydrogen-bond donors (Lipinski definition) is 17. The molecule has 0 aromatic carbocycles. The minimum Gasteiger partial charge on any atom is -0.394 e. The van der Waals surface area contributed by atoms with E-state index in [2.05, 4.69) is 31.7 Å². The Hall–Kier alpha value is -0.240. The van der Waals surface area contributed by atoms with Crippen molar-refractivity contribution in [2.75, 3.05) is 79.3 Å². The average Bonchev–Trinajstić information content (AvgIpc) is 3.24. The van der Waals surface area contributed by atoms with Crippen molar-refractivity contribution >= 4 is 31.3 Å². The van der Waals surface area contributed by atoms with E-state index in [4.69, 9.17) is 38.8 Å². The van der Waals surface area contributed by atoms with Crippen molar-refractivity contribution in [2.45, 2.75) is 91.9 Å². The minimum absolute atomic E-state index is 0.624. The van der Waals surface area contributed by atoms with Gasteiger partial charge >= 0.3 is 31.3 Å². The molecule has 2 fully saturated rings. The summed E-state index contributed by atoms with van der Waals surface area (Å²) >= 11 is 0. The van der Waals surface area contributed by atoms with Crippen LogP contribution in [0.15, 0.2) is 0 Å². The molecule has 0 spiro atoms. The Morgan fingerprint density at radius 3 is 1.16 bits per heavy atom. The molecule has 2 saturated heterocycles. The highest BCUT2D eigenvalue weighted by Gasteiger charge is 2.51. The van der Waals surface area contributed by atoms with Gasteiger partial charge in [0.1, 0.15) is 79.4 Å². The summed E-state index contributed by atoms with van der Waals surface area (Å²) in [6.45, 7) is -11.5. The zero-order chi connectivity index (χ0) is 48.6.